The zero-order chi connectivity index (χ0) is 14.8. The Morgan fingerprint density at radius 1 is 1.20 bits per heavy atom. The summed E-state index contributed by atoms with van der Waals surface area (Å²) >= 11 is 0. The average molecular weight is 272 g/mol. The molecule has 2 rings (SSSR count). The maximum absolute atomic E-state index is 10.4. The lowest BCUT2D eigenvalue weighted by molar-refractivity contribution is 0.111. The summed E-state index contributed by atoms with van der Waals surface area (Å²) in [4.78, 5) is 0. The van der Waals surface area contributed by atoms with Gasteiger partial charge < -0.3 is 5.11 Å². The average Bonchev–Trinajstić information content (AvgIpc) is 2.88. The fourth-order valence-corrected chi connectivity index (χ4v) is 2.06. The molecule has 1 N–H and O–H groups in total. The Balaban J connectivity index is 2.09. The molecule has 0 aliphatic carbocycles. The zero-order valence-electron chi connectivity index (χ0n) is 12.7. The van der Waals surface area contributed by atoms with Crippen molar-refractivity contribution in [2.45, 2.75) is 40.2 Å². The van der Waals surface area contributed by atoms with E-state index in [9.17, 15) is 5.11 Å². The molecule has 3 heteroatoms. The molecular weight excluding hydrogens is 248 g/mol. The highest BCUT2D eigenvalue weighted by Gasteiger charge is 2.24. The van der Waals surface area contributed by atoms with E-state index < -0.39 is 6.10 Å². The Hall–Kier alpha value is -1.61. The van der Waals surface area contributed by atoms with Crippen LogP contribution in [0.4, 0.5) is 0 Å². The van der Waals surface area contributed by atoms with Crippen molar-refractivity contribution < 1.29 is 5.11 Å². The van der Waals surface area contributed by atoms with Gasteiger partial charge >= 0.3 is 0 Å². The molecule has 0 spiro atoms. The van der Waals surface area contributed by atoms with Crippen molar-refractivity contribution in [1.29, 1.82) is 0 Å². The highest BCUT2D eigenvalue weighted by molar-refractivity contribution is 5.31. The standard InChI is InChI=1S/C17H24N2O/c1-13(17(2,3)4)10-16(20)14-11-18-19(12-14)15-8-6-5-7-9-15/h5-9,11-13,16,20H,10H2,1-4H3. The molecule has 1 aromatic carbocycles. The molecule has 0 radical (unpaired) electrons. The van der Waals surface area contributed by atoms with E-state index >= 15 is 0 Å². The largest absolute Gasteiger partial charge is 0.388 e. The summed E-state index contributed by atoms with van der Waals surface area (Å²) in [5.74, 6) is 0.442. The van der Waals surface area contributed by atoms with E-state index in [0.29, 0.717) is 5.92 Å². The van der Waals surface area contributed by atoms with Crippen LogP contribution in [0.2, 0.25) is 0 Å². The first kappa shape index (κ1) is 14.8. The summed E-state index contributed by atoms with van der Waals surface area (Å²) in [5.41, 5.74) is 2.09. The Morgan fingerprint density at radius 3 is 2.45 bits per heavy atom. The molecule has 0 saturated heterocycles. The van der Waals surface area contributed by atoms with Crippen LogP contribution in [-0.4, -0.2) is 14.9 Å². The predicted molar refractivity (Wildman–Crippen MR) is 81.8 cm³/mol. The molecular formula is C17H24N2O. The van der Waals surface area contributed by atoms with Crippen molar-refractivity contribution in [2.24, 2.45) is 11.3 Å². The first-order chi connectivity index (χ1) is 9.38. The zero-order valence-corrected chi connectivity index (χ0v) is 12.7. The minimum absolute atomic E-state index is 0.205. The maximum atomic E-state index is 10.4. The van der Waals surface area contributed by atoms with Crippen LogP contribution in [-0.2, 0) is 0 Å². The summed E-state index contributed by atoms with van der Waals surface area (Å²) < 4.78 is 1.81. The molecule has 20 heavy (non-hydrogen) atoms. The lowest BCUT2D eigenvalue weighted by Gasteiger charge is -2.28. The quantitative estimate of drug-likeness (QED) is 0.914. The summed E-state index contributed by atoms with van der Waals surface area (Å²) in [6.45, 7) is 8.80. The molecule has 2 aromatic rings. The van der Waals surface area contributed by atoms with Gasteiger partial charge in [0.1, 0.15) is 0 Å². The normalized spacial score (nSPS) is 15.1. The van der Waals surface area contributed by atoms with E-state index in [1.54, 1.807) is 10.9 Å². The van der Waals surface area contributed by atoms with Crippen molar-refractivity contribution in [3.63, 3.8) is 0 Å². The van der Waals surface area contributed by atoms with Crippen LogP contribution in [0.1, 0.15) is 45.8 Å². The number of aromatic nitrogens is 2. The lowest BCUT2D eigenvalue weighted by atomic mass is 9.78. The van der Waals surface area contributed by atoms with E-state index in [1.807, 2.05) is 36.5 Å². The number of hydrogen-bond donors (Lipinski definition) is 1. The molecule has 2 atom stereocenters. The third-order valence-electron chi connectivity index (χ3n) is 4.06. The second-order valence-electron chi connectivity index (χ2n) is 6.57. The van der Waals surface area contributed by atoms with E-state index in [2.05, 4.69) is 32.8 Å². The third-order valence-corrected chi connectivity index (χ3v) is 4.06. The van der Waals surface area contributed by atoms with Crippen molar-refractivity contribution in [3.05, 3.63) is 48.3 Å². The summed E-state index contributed by atoms with van der Waals surface area (Å²) in [6.07, 6.45) is 3.97. The van der Waals surface area contributed by atoms with Gasteiger partial charge in [0.15, 0.2) is 0 Å². The van der Waals surface area contributed by atoms with Gasteiger partial charge in [0.25, 0.3) is 0 Å². The Bertz CT molecular complexity index is 540. The molecule has 3 nitrogen and oxygen atoms in total. The second-order valence-corrected chi connectivity index (χ2v) is 6.57. The summed E-state index contributed by atoms with van der Waals surface area (Å²) in [5, 5.41) is 14.7. The number of benzene rings is 1. The molecule has 1 aromatic heterocycles. The Kier molecular flexibility index (Phi) is 4.29. The molecule has 0 amide bonds. The van der Waals surface area contributed by atoms with E-state index in [0.717, 1.165) is 17.7 Å². The minimum atomic E-state index is -0.457. The van der Waals surface area contributed by atoms with Crippen LogP contribution < -0.4 is 0 Å². The van der Waals surface area contributed by atoms with Gasteiger partial charge in [-0.05, 0) is 29.9 Å². The fourth-order valence-electron chi connectivity index (χ4n) is 2.06. The van der Waals surface area contributed by atoms with Gasteiger partial charge in [-0.3, -0.25) is 0 Å². The van der Waals surface area contributed by atoms with Crippen LogP contribution in [0.5, 0.6) is 0 Å². The van der Waals surface area contributed by atoms with Crippen molar-refractivity contribution in [2.75, 3.05) is 0 Å². The van der Waals surface area contributed by atoms with Crippen LogP contribution in [0.25, 0.3) is 5.69 Å². The minimum Gasteiger partial charge on any atom is -0.388 e. The van der Waals surface area contributed by atoms with Crippen LogP contribution >= 0.6 is 0 Å². The molecule has 1 heterocycles. The van der Waals surface area contributed by atoms with E-state index in [4.69, 9.17) is 0 Å². The maximum Gasteiger partial charge on any atom is 0.0823 e. The molecule has 0 fully saturated rings. The number of rotatable bonds is 4. The number of nitrogens with zero attached hydrogens (tertiary/aromatic N) is 2. The number of para-hydroxylation sites is 1. The number of aliphatic hydroxyl groups excluding tert-OH is 1. The van der Waals surface area contributed by atoms with E-state index in [-0.39, 0.29) is 5.41 Å². The van der Waals surface area contributed by atoms with Crippen LogP contribution in [0, 0.1) is 11.3 Å². The molecule has 108 valence electrons. The van der Waals surface area contributed by atoms with Crippen molar-refractivity contribution in [3.8, 4) is 5.69 Å². The van der Waals surface area contributed by atoms with Gasteiger partial charge in [0.05, 0.1) is 18.0 Å². The topological polar surface area (TPSA) is 38.1 Å². The lowest BCUT2D eigenvalue weighted by Crippen LogP contribution is -2.19. The number of aliphatic hydroxyl groups is 1. The number of hydrogen-bond acceptors (Lipinski definition) is 2. The Labute approximate surface area is 121 Å². The molecule has 0 saturated carbocycles. The van der Waals surface area contributed by atoms with Crippen molar-refractivity contribution >= 4 is 0 Å². The van der Waals surface area contributed by atoms with Crippen molar-refractivity contribution in [1.82, 2.24) is 9.78 Å². The summed E-state index contributed by atoms with van der Waals surface area (Å²) in [7, 11) is 0. The van der Waals surface area contributed by atoms with Gasteiger partial charge in [0.2, 0.25) is 0 Å². The van der Waals surface area contributed by atoms with Gasteiger partial charge in [-0.25, -0.2) is 4.68 Å². The first-order valence-corrected chi connectivity index (χ1v) is 7.16. The van der Waals surface area contributed by atoms with Crippen LogP contribution in [0.3, 0.4) is 0 Å². The first-order valence-electron chi connectivity index (χ1n) is 7.16. The van der Waals surface area contributed by atoms with Gasteiger partial charge in [-0.2, -0.15) is 5.10 Å². The van der Waals surface area contributed by atoms with Gasteiger partial charge in [0, 0.05) is 11.8 Å². The fraction of sp³-hybridized carbons (Fsp3) is 0.471. The Morgan fingerprint density at radius 2 is 1.85 bits per heavy atom. The highest BCUT2D eigenvalue weighted by Crippen LogP contribution is 2.33. The van der Waals surface area contributed by atoms with E-state index in [1.165, 1.54) is 0 Å². The second kappa shape index (κ2) is 5.80. The predicted octanol–water partition coefficient (Wildman–Crippen LogP) is 3.98. The van der Waals surface area contributed by atoms with Crippen LogP contribution in [0.15, 0.2) is 42.7 Å². The molecule has 2 unspecified atom stereocenters. The smallest absolute Gasteiger partial charge is 0.0823 e. The van der Waals surface area contributed by atoms with Gasteiger partial charge in [-0.1, -0.05) is 45.9 Å². The SMILES string of the molecule is CC(CC(O)c1cnn(-c2ccccc2)c1)C(C)(C)C. The third kappa shape index (κ3) is 3.48. The molecule has 0 aliphatic rings. The summed E-state index contributed by atoms with van der Waals surface area (Å²) in [6, 6.07) is 9.94. The monoisotopic (exact) mass is 272 g/mol. The molecule has 0 aliphatic heterocycles. The molecule has 0 bridgehead atoms. The highest BCUT2D eigenvalue weighted by atomic mass is 16.3. The van der Waals surface area contributed by atoms with Gasteiger partial charge in [-0.15, -0.1) is 0 Å².